The maximum atomic E-state index is 12.9. The lowest BCUT2D eigenvalue weighted by molar-refractivity contribution is -0.122. The molecule has 1 amide bonds. The van der Waals surface area contributed by atoms with E-state index in [-0.39, 0.29) is 29.6 Å². The number of carbonyl (C=O) groups excluding carboxylic acids is 1. The van der Waals surface area contributed by atoms with E-state index in [1.54, 1.807) is 6.07 Å². The molecular weight excluding hydrogens is 428 g/mol. The second kappa shape index (κ2) is 8.76. The maximum Gasteiger partial charge on any atom is 0.297 e. The molecule has 1 aliphatic rings. The van der Waals surface area contributed by atoms with Gasteiger partial charge in [-0.3, -0.25) is 19.1 Å². The normalized spacial score (nSPS) is 15.4. The summed E-state index contributed by atoms with van der Waals surface area (Å²) in [6.45, 7) is 2.22. The molecule has 32 heavy (non-hydrogen) atoms. The number of rotatable bonds is 6. The number of fused-ring (bicyclic) bond motifs is 3. The zero-order chi connectivity index (χ0) is 22.1. The van der Waals surface area contributed by atoms with E-state index in [2.05, 4.69) is 15.2 Å². The van der Waals surface area contributed by atoms with Crippen LogP contribution in [0.5, 0.6) is 0 Å². The predicted octanol–water partition coefficient (Wildman–Crippen LogP) is 3.75. The summed E-state index contributed by atoms with van der Waals surface area (Å²) in [5.74, 6) is -0.263. The quantitative estimate of drug-likeness (QED) is 0.484. The van der Waals surface area contributed by atoms with Gasteiger partial charge in [-0.1, -0.05) is 41.9 Å². The Balaban J connectivity index is 1.34. The lowest BCUT2D eigenvalue weighted by Gasteiger charge is -2.29. The SMILES string of the molecule is O=C(Cn1cnc2c(oc3ccccc32)c1=O)NC[C@H](c1ccccc1Cl)N1CCCC1. The minimum atomic E-state index is -0.372. The number of amides is 1. The second-order valence-electron chi connectivity index (χ2n) is 8.04. The number of furan rings is 1. The summed E-state index contributed by atoms with van der Waals surface area (Å²) in [7, 11) is 0. The Morgan fingerprint density at radius 3 is 2.69 bits per heavy atom. The fraction of sp³-hybridized carbons (Fsp3) is 0.292. The van der Waals surface area contributed by atoms with Crippen molar-refractivity contribution in [3.63, 3.8) is 0 Å². The van der Waals surface area contributed by atoms with Crippen molar-refractivity contribution >= 4 is 39.6 Å². The Morgan fingerprint density at radius 2 is 1.88 bits per heavy atom. The first-order valence-corrected chi connectivity index (χ1v) is 11.1. The van der Waals surface area contributed by atoms with Gasteiger partial charge in [-0.05, 0) is 49.7 Å². The molecule has 0 radical (unpaired) electrons. The molecule has 3 heterocycles. The summed E-state index contributed by atoms with van der Waals surface area (Å²) in [5.41, 5.74) is 1.90. The summed E-state index contributed by atoms with van der Waals surface area (Å²) < 4.78 is 6.97. The molecule has 2 aromatic carbocycles. The molecule has 8 heteroatoms. The lowest BCUT2D eigenvalue weighted by atomic mass is 10.1. The van der Waals surface area contributed by atoms with Gasteiger partial charge in [0, 0.05) is 17.0 Å². The number of carbonyl (C=O) groups is 1. The lowest BCUT2D eigenvalue weighted by Crippen LogP contribution is -2.39. The van der Waals surface area contributed by atoms with Crippen molar-refractivity contribution in [3.05, 3.63) is 75.8 Å². The van der Waals surface area contributed by atoms with Gasteiger partial charge in [0.2, 0.25) is 11.5 Å². The molecule has 0 spiro atoms. The number of benzene rings is 2. The van der Waals surface area contributed by atoms with Gasteiger partial charge in [0.1, 0.15) is 17.6 Å². The topological polar surface area (TPSA) is 80.4 Å². The molecular formula is C24H23ClN4O3. The van der Waals surface area contributed by atoms with Gasteiger partial charge >= 0.3 is 0 Å². The summed E-state index contributed by atoms with van der Waals surface area (Å²) >= 11 is 6.45. The highest BCUT2D eigenvalue weighted by molar-refractivity contribution is 6.31. The Bertz CT molecular complexity index is 1340. The largest absolute Gasteiger partial charge is 0.448 e. The molecule has 1 N–H and O–H groups in total. The van der Waals surface area contributed by atoms with E-state index in [1.807, 2.05) is 42.5 Å². The van der Waals surface area contributed by atoms with E-state index in [0.29, 0.717) is 22.7 Å². The van der Waals surface area contributed by atoms with Crippen LogP contribution < -0.4 is 10.9 Å². The molecule has 0 aliphatic carbocycles. The smallest absolute Gasteiger partial charge is 0.297 e. The number of aromatic nitrogens is 2. The van der Waals surface area contributed by atoms with Crippen molar-refractivity contribution in [3.8, 4) is 0 Å². The van der Waals surface area contributed by atoms with Crippen molar-refractivity contribution in [1.82, 2.24) is 19.8 Å². The monoisotopic (exact) mass is 450 g/mol. The second-order valence-corrected chi connectivity index (χ2v) is 8.45. The van der Waals surface area contributed by atoms with E-state index in [1.165, 1.54) is 10.9 Å². The van der Waals surface area contributed by atoms with Crippen LogP contribution in [0.2, 0.25) is 5.02 Å². The summed E-state index contributed by atoms with van der Waals surface area (Å²) in [6.07, 6.45) is 3.67. The number of halogens is 1. The molecule has 2 aromatic heterocycles. The molecule has 1 atom stereocenters. The number of likely N-dealkylation sites (tertiary alicyclic amines) is 1. The van der Waals surface area contributed by atoms with E-state index in [9.17, 15) is 9.59 Å². The first kappa shape index (κ1) is 20.7. The average molecular weight is 451 g/mol. The van der Waals surface area contributed by atoms with Crippen molar-refractivity contribution in [2.75, 3.05) is 19.6 Å². The van der Waals surface area contributed by atoms with Crippen LogP contribution in [0.4, 0.5) is 0 Å². The van der Waals surface area contributed by atoms with Crippen molar-refractivity contribution in [1.29, 1.82) is 0 Å². The molecule has 0 unspecified atom stereocenters. The molecule has 1 saturated heterocycles. The summed E-state index contributed by atoms with van der Waals surface area (Å²) in [5, 5.41) is 4.45. The third-order valence-electron chi connectivity index (χ3n) is 6.00. The third kappa shape index (κ3) is 3.89. The number of hydrogen-bond donors (Lipinski definition) is 1. The fourth-order valence-electron chi connectivity index (χ4n) is 4.38. The standard InChI is InChI=1S/C24H23ClN4O3/c25-18-9-3-1-7-16(18)19(28-11-5-6-12-28)13-26-21(30)14-29-15-27-22-17-8-2-4-10-20(17)32-23(22)24(29)31/h1-4,7-10,15,19H,5-6,11-14H2,(H,26,30)/t19-/m1/s1. The molecule has 0 saturated carbocycles. The van der Waals surface area contributed by atoms with Crippen LogP contribution in [-0.4, -0.2) is 40.0 Å². The third-order valence-corrected chi connectivity index (χ3v) is 6.35. The van der Waals surface area contributed by atoms with E-state index >= 15 is 0 Å². The van der Waals surface area contributed by atoms with Gasteiger partial charge in [-0.25, -0.2) is 4.98 Å². The van der Waals surface area contributed by atoms with Crippen LogP contribution >= 0.6 is 11.6 Å². The zero-order valence-electron chi connectivity index (χ0n) is 17.5. The highest BCUT2D eigenvalue weighted by atomic mass is 35.5. The van der Waals surface area contributed by atoms with Crippen LogP contribution in [0.1, 0.15) is 24.4 Å². The van der Waals surface area contributed by atoms with Crippen LogP contribution in [0.15, 0.2) is 64.1 Å². The minimum Gasteiger partial charge on any atom is -0.448 e. The molecule has 4 aromatic rings. The Hall–Kier alpha value is -3.16. The maximum absolute atomic E-state index is 12.9. The minimum absolute atomic E-state index is 0.0112. The Labute approximate surface area is 189 Å². The molecule has 1 fully saturated rings. The summed E-state index contributed by atoms with van der Waals surface area (Å²) in [4.78, 5) is 32.3. The molecule has 7 nitrogen and oxygen atoms in total. The van der Waals surface area contributed by atoms with Crippen molar-refractivity contribution < 1.29 is 9.21 Å². The van der Waals surface area contributed by atoms with Crippen molar-refractivity contribution in [2.24, 2.45) is 0 Å². The highest BCUT2D eigenvalue weighted by Gasteiger charge is 2.25. The van der Waals surface area contributed by atoms with Crippen LogP contribution in [0.3, 0.4) is 0 Å². The van der Waals surface area contributed by atoms with Gasteiger partial charge in [-0.15, -0.1) is 0 Å². The number of para-hydroxylation sites is 1. The average Bonchev–Trinajstić information content (AvgIpc) is 3.46. The fourth-order valence-corrected chi connectivity index (χ4v) is 4.65. The molecule has 5 rings (SSSR count). The van der Waals surface area contributed by atoms with Crippen LogP contribution in [0, 0.1) is 0 Å². The molecule has 164 valence electrons. The van der Waals surface area contributed by atoms with Crippen LogP contribution in [0.25, 0.3) is 22.1 Å². The van der Waals surface area contributed by atoms with E-state index in [0.717, 1.165) is 36.9 Å². The Kier molecular flexibility index (Phi) is 5.68. The highest BCUT2D eigenvalue weighted by Crippen LogP contribution is 2.29. The van der Waals surface area contributed by atoms with E-state index in [4.69, 9.17) is 16.0 Å². The van der Waals surface area contributed by atoms with Gasteiger partial charge in [0.25, 0.3) is 5.56 Å². The summed E-state index contributed by atoms with van der Waals surface area (Å²) in [6, 6.07) is 15.1. The predicted molar refractivity (Wildman–Crippen MR) is 124 cm³/mol. The molecule has 1 aliphatic heterocycles. The number of nitrogens with zero attached hydrogens (tertiary/aromatic N) is 3. The number of hydrogen-bond acceptors (Lipinski definition) is 5. The van der Waals surface area contributed by atoms with E-state index < -0.39 is 0 Å². The van der Waals surface area contributed by atoms with Gasteiger partial charge in [0.05, 0.1) is 12.4 Å². The number of nitrogens with one attached hydrogen (secondary N) is 1. The first-order chi connectivity index (χ1) is 15.6. The Morgan fingerprint density at radius 1 is 1.12 bits per heavy atom. The zero-order valence-corrected chi connectivity index (χ0v) is 18.2. The molecule has 0 bridgehead atoms. The first-order valence-electron chi connectivity index (χ1n) is 10.7. The van der Waals surface area contributed by atoms with Gasteiger partial charge < -0.3 is 9.73 Å². The van der Waals surface area contributed by atoms with Crippen LogP contribution in [-0.2, 0) is 11.3 Å². The van der Waals surface area contributed by atoms with Crippen molar-refractivity contribution in [2.45, 2.75) is 25.4 Å². The van der Waals surface area contributed by atoms with Gasteiger partial charge in [0.15, 0.2) is 0 Å². The van der Waals surface area contributed by atoms with Gasteiger partial charge in [-0.2, -0.15) is 0 Å².